The Hall–Kier alpha value is -1.48. The molecule has 3 heterocycles. The molecule has 1 N–H and O–H groups in total. The zero-order chi connectivity index (χ0) is 14.2. The average Bonchev–Trinajstić information content (AvgIpc) is 3.04. The predicted molar refractivity (Wildman–Crippen MR) is 75.3 cm³/mol. The minimum Gasteiger partial charge on any atom is -0.248 e. The van der Waals surface area contributed by atoms with Gasteiger partial charge >= 0.3 is 0 Å². The van der Waals surface area contributed by atoms with Gasteiger partial charge in [0.15, 0.2) is 4.21 Å². The summed E-state index contributed by atoms with van der Waals surface area (Å²) in [6, 6.07) is 0. The normalized spacial score (nSPS) is 15.1. The SMILES string of the molecule is CCc1ncc(S(=O)(=O)Nc2nc3n(n2)CCCC3)s1. The first-order valence-electron chi connectivity index (χ1n) is 6.50. The maximum Gasteiger partial charge on any atom is 0.275 e. The monoisotopic (exact) mass is 313 g/mol. The number of sulfonamides is 1. The average molecular weight is 313 g/mol. The number of aryl methyl sites for hydroxylation is 3. The van der Waals surface area contributed by atoms with Gasteiger partial charge in [-0.25, -0.2) is 22.8 Å². The van der Waals surface area contributed by atoms with Crippen molar-refractivity contribution in [3.8, 4) is 0 Å². The van der Waals surface area contributed by atoms with E-state index in [9.17, 15) is 8.42 Å². The Labute approximate surface area is 121 Å². The van der Waals surface area contributed by atoms with E-state index in [0.29, 0.717) is 0 Å². The van der Waals surface area contributed by atoms with Gasteiger partial charge in [0, 0.05) is 13.0 Å². The Balaban J connectivity index is 1.84. The highest BCUT2D eigenvalue weighted by atomic mass is 32.2. The van der Waals surface area contributed by atoms with Gasteiger partial charge in [-0.1, -0.05) is 6.92 Å². The van der Waals surface area contributed by atoms with Crippen molar-refractivity contribution < 1.29 is 8.42 Å². The van der Waals surface area contributed by atoms with Crippen LogP contribution >= 0.6 is 11.3 Å². The zero-order valence-electron chi connectivity index (χ0n) is 11.0. The van der Waals surface area contributed by atoms with Crippen LogP contribution in [0.2, 0.25) is 0 Å². The Morgan fingerprint density at radius 1 is 1.45 bits per heavy atom. The fourth-order valence-electron chi connectivity index (χ4n) is 2.08. The number of hydrogen-bond donors (Lipinski definition) is 1. The largest absolute Gasteiger partial charge is 0.275 e. The Bertz CT molecular complexity index is 696. The molecule has 3 rings (SSSR count). The van der Waals surface area contributed by atoms with Crippen molar-refractivity contribution in [1.29, 1.82) is 0 Å². The van der Waals surface area contributed by atoms with Gasteiger partial charge in [-0.3, -0.25) is 0 Å². The van der Waals surface area contributed by atoms with Gasteiger partial charge in [0.1, 0.15) is 5.82 Å². The summed E-state index contributed by atoms with van der Waals surface area (Å²) in [5.74, 6) is 0.987. The quantitative estimate of drug-likeness (QED) is 0.922. The van der Waals surface area contributed by atoms with Crippen LogP contribution in [0.15, 0.2) is 10.4 Å². The van der Waals surface area contributed by atoms with Gasteiger partial charge < -0.3 is 0 Å². The van der Waals surface area contributed by atoms with E-state index < -0.39 is 10.0 Å². The highest BCUT2D eigenvalue weighted by Gasteiger charge is 2.21. The molecule has 9 heteroatoms. The molecule has 1 aliphatic heterocycles. The Kier molecular flexibility index (Phi) is 3.47. The lowest BCUT2D eigenvalue weighted by molar-refractivity contribution is 0.480. The summed E-state index contributed by atoms with van der Waals surface area (Å²) in [5, 5.41) is 4.98. The standard InChI is InChI=1S/C11H15N5O2S2/c1-2-9-12-7-10(19-9)20(17,18)15-11-13-8-5-3-4-6-16(8)14-11/h7H,2-6H2,1H3,(H,14,15). The molecule has 0 spiro atoms. The molecular formula is C11H15N5O2S2. The molecule has 0 radical (unpaired) electrons. The van der Waals surface area contributed by atoms with E-state index >= 15 is 0 Å². The number of nitrogens with one attached hydrogen (secondary N) is 1. The number of aromatic nitrogens is 4. The van der Waals surface area contributed by atoms with Crippen molar-refractivity contribution in [3.63, 3.8) is 0 Å². The summed E-state index contributed by atoms with van der Waals surface area (Å²) in [6.45, 7) is 2.73. The first-order valence-corrected chi connectivity index (χ1v) is 8.79. The van der Waals surface area contributed by atoms with Crippen LogP contribution in [0, 0.1) is 0 Å². The lowest BCUT2D eigenvalue weighted by atomic mass is 10.2. The maximum absolute atomic E-state index is 12.2. The molecule has 0 aliphatic carbocycles. The van der Waals surface area contributed by atoms with Crippen molar-refractivity contribution >= 4 is 27.3 Å². The number of rotatable bonds is 4. The molecule has 108 valence electrons. The minimum absolute atomic E-state index is 0.147. The predicted octanol–water partition coefficient (Wildman–Crippen LogP) is 1.43. The molecule has 0 atom stereocenters. The number of hydrogen-bond acceptors (Lipinski definition) is 6. The summed E-state index contributed by atoms with van der Waals surface area (Å²) < 4.78 is 28.8. The number of thiazole rings is 1. The molecule has 0 aromatic carbocycles. The highest BCUT2D eigenvalue weighted by Crippen LogP contribution is 2.22. The van der Waals surface area contributed by atoms with Crippen LogP contribution in [-0.4, -0.2) is 28.2 Å². The van der Waals surface area contributed by atoms with E-state index in [1.54, 1.807) is 4.68 Å². The fourth-order valence-corrected chi connectivity index (χ4v) is 4.14. The molecular weight excluding hydrogens is 298 g/mol. The number of anilines is 1. The van der Waals surface area contributed by atoms with Gasteiger partial charge in [0.25, 0.3) is 16.0 Å². The number of nitrogens with zero attached hydrogens (tertiary/aromatic N) is 4. The second-order valence-electron chi connectivity index (χ2n) is 4.56. The fraction of sp³-hybridized carbons (Fsp3) is 0.545. The van der Waals surface area contributed by atoms with Gasteiger partial charge in [0.05, 0.1) is 11.2 Å². The topological polar surface area (TPSA) is 89.8 Å². The maximum atomic E-state index is 12.2. The third-order valence-corrected chi connectivity index (χ3v) is 6.02. The molecule has 20 heavy (non-hydrogen) atoms. The molecule has 0 fully saturated rings. The molecule has 2 aromatic rings. The minimum atomic E-state index is -3.63. The van der Waals surface area contributed by atoms with Crippen LogP contribution in [0.1, 0.15) is 30.6 Å². The van der Waals surface area contributed by atoms with Crippen LogP contribution in [-0.2, 0) is 29.4 Å². The molecule has 0 bridgehead atoms. The van der Waals surface area contributed by atoms with Crippen molar-refractivity contribution in [2.75, 3.05) is 4.72 Å². The summed E-state index contributed by atoms with van der Waals surface area (Å²) in [4.78, 5) is 8.30. The van der Waals surface area contributed by atoms with E-state index in [1.165, 1.54) is 17.5 Å². The Morgan fingerprint density at radius 2 is 2.30 bits per heavy atom. The Morgan fingerprint density at radius 3 is 3.00 bits per heavy atom. The third-order valence-electron chi connectivity index (χ3n) is 3.09. The first-order chi connectivity index (χ1) is 9.58. The van der Waals surface area contributed by atoms with Gasteiger partial charge in [-0.2, -0.15) is 4.98 Å². The summed E-state index contributed by atoms with van der Waals surface area (Å²) in [7, 11) is -3.63. The first kappa shape index (κ1) is 13.5. The van der Waals surface area contributed by atoms with Crippen LogP contribution in [0.25, 0.3) is 0 Å². The number of fused-ring (bicyclic) bond motifs is 1. The van der Waals surface area contributed by atoms with Crippen LogP contribution in [0.5, 0.6) is 0 Å². The summed E-state index contributed by atoms with van der Waals surface area (Å²) in [6.07, 6.45) is 5.06. The molecule has 7 nitrogen and oxygen atoms in total. The van der Waals surface area contributed by atoms with Crippen LogP contribution in [0.4, 0.5) is 5.95 Å². The second kappa shape index (κ2) is 5.13. The summed E-state index contributed by atoms with van der Waals surface area (Å²) in [5.41, 5.74) is 0. The van der Waals surface area contributed by atoms with Gasteiger partial charge in [-0.15, -0.1) is 16.4 Å². The van der Waals surface area contributed by atoms with Gasteiger partial charge in [-0.05, 0) is 19.3 Å². The van der Waals surface area contributed by atoms with Crippen molar-refractivity contribution in [2.24, 2.45) is 0 Å². The molecule has 0 saturated carbocycles. The van der Waals surface area contributed by atoms with Crippen LogP contribution < -0.4 is 4.72 Å². The van der Waals surface area contributed by atoms with E-state index in [1.807, 2.05) is 6.92 Å². The second-order valence-corrected chi connectivity index (χ2v) is 7.59. The molecule has 2 aromatic heterocycles. The van der Waals surface area contributed by atoms with Crippen molar-refractivity contribution in [3.05, 3.63) is 17.0 Å². The van der Waals surface area contributed by atoms with Crippen molar-refractivity contribution in [2.45, 2.75) is 43.4 Å². The third kappa shape index (κ3) is 2.55. The molecule has 0 unspecified atom stereocenters. The van der Waals surface area contributed by atoms with E-state index in [2.05, 4.69) is 19.8 Å². The van der Waals surface area contributed by atoms with E-state index in [4.69, 9.17) is 0 Å². The molecule has 1 aliphatic rings. The summed E-state index contributed by atoms with van der Waals surface area (Å²) >= 11 is 1.17. The molecule has 0 amide bonds. The lowest BCUT2D eigenvalue weighted by Crippen LogP contribution is -2.13. The molecule has 0 saturated heterocycles. The van der Waals surface area contributed by atoms with E-state index in [0.717, 1.165) is 43.1 Å². The van der Waals surface area contributed by atoms with E-state index in [-0.39, 0.29) is 10.2 Å². The smallest absolute Gasteiger partial charge is 0.248 e. The van der Waals surface area contributed by atoms with Crippen LogP contribution in [0.3, 0.4) is 0 Å². The lowest BCUT2D eigenvalue weighted by Gasteiger charge is -2.09. The van der Waals surface area contributed by atoms with Gasteiger partial charge in [0.2, 0.25) is 0 Å². The highest BCUT2D eigenvalue weighted by molar-refractivity contribution is 7.94. The zero-order valence-corrected chi connectivity index (χ0v) is 12.7. The van der Waals surface area contributed by atoms with Crippen molar-refractivity contribution in [1.82, 2.24) is 19.7 Å².